The van der Waals surface area contributed by atoms with Gasteiger partial charge in [-0.25, -0.2) is 4.98 Å². The second kappa shape index (κ2) is 12.4. The molecule has 1 aliphatic rings. The second-order valence-electron chi connectivity index (χ2n) is 9.88. The molecule has 13 heteroatoms. The number of amides is 2. The van der Waals surface area contributed by atoms with Crippen LogP contribution in [0.2, 0.25) is 0 Å². The molecule has 1 aliphatic heterocycles. The Balaban J connectivity index is 1.71. The van der Waals surface area contributed by atoms with E-state index in [2.05, 4.69) is 10.3 Å². The molecule has 1 aromatic heterocycles. The van der Waals surface area contributed by atoms with Crippen molar-refractivity contribution in [2.45, 2.75) is 44.1 Å². The SMILES string of the molecule is COc1ccc(NC(=O)C2=C(c3ccc(C)cc3)C[C@](c3ccc(OCCCC(F)(F)F)cc3)(C(F)(F)F)NC2=O)nc1. The van der Waals surface area contributed by atoms with Crippen LogP contribution in [0.25, 0.3) is 5.57 Å². The lowest BCUT2D eigenvalue weighted by Gasteiger charge is -2.41. The predicted octanol–water partition coefficient (Wildman–Crippen LogP) is 6.49. The third kappa shape index (κ3) is 7.27. The van der Waals surface area contributed by atoms with E-state index in [0.29, 0.717) is 5.75 Å². The lowest BCUT2D eigenvalue weighted by atomic mass is 9.76. The number of carbonyl (C=O) groups excluding carboxylic acids is 2. The molecule has 2 aromatic carbocycles. The fraction of sp³-hybridized carbons (Fsp3) is 0.300. The number of aryl methyl sites for hydroxylation is 1. The number of carbonyl (C=O) groups is 2. The van der Waals surface area contributed by atoms with E-state index in [9.17, 15) is 35.9 Å². The average molecular weight is 608 g/mol. The van der Waals surface area contributed by atoms with Gasteiger partial charge < -0.3 is 20.1 Å². The number of halogens is 6. The minimum absolute atomic E-state index is 0.0489. The van der Waals surface area contributed by atoms with Gasteiger partial charge in [-0.3, -0.25) is 9.59 Å². The number of anilines is 1. The molecule has 0 spiro atoms. The highest BCUT2D eigenvalue weighted by Crippen LogP contribution is 2.48. The molecule has 0 fully saturated rings. The van der Waals surface area contributed by atoms with Gasteiger partial charge in [0.15, 0.2) is 5.54 Å². The summed E-state index contributed by atoms with van der Waals surface area (Å²) in [7, 11) is 1.42. The van der Waals surface area contributed by atoms with E-state index in [1.165, 1.54) is 49.7 Å². The van der Waals surface area contributed by atoms with Crippen molar-refractivity contribution in [2.75, 3.05) is 19.0 Å². The first kappa shape index (κ1) is 31.4. The van der Waals surface area contributed by atoms with Crippen molar-refractivity contribution >= 4 is 23.2 Å². The molecule has 0 saturated carbocycles. The van der Waals surface area contributed by atoms with Crippen LogP contribution in [0, 0.1) is 6.92 Å². The maximum absolute atomic E-state index is 14.9. The van der Waals surface area contributed by atoms with E-state index in [4.69, 9.17) is 9.47 Å². The summed E-state index contributed by atoms with van der Waals surface area (Å²) in [5.74, 6) is -1.69. The van der Waals surface area contributed by atoms with Gasteiger partial charge >= 0.3 is 12.4 Å². The molecule has 1 atom stereocenters. The number of aromatic nitrogens is 1. The van der Waals surface area contributed by atoms with Crippen molar-refractivity contribution in [3.8, 4) is 11.5 Å². The van der Waals surface area contributed by atoms with Crippen molar-refractivity contribution in [2.24, 2.45) is 0 Å². The van der Waals surface area contributed by atoms with Crippen LogP contribution >= 0.6 is 0 Å². The van der Waals surface area contributed by atoms with E-state index in [1.54, 1.807) is 19.1 Å². The lowest BCUT2D eigenvalue weighted by Crippen LogP contribution is -2.59. The van der Waals surface area contributed by atoms with Gasteiger partial charge in [0.25, 0.3) is 11.8 Å². The van der Waals surface area contributed by atoms with Crippen molar-refractivity contribution in [1.29, 1.82) is 0 Å². The Labute approximate surface area is 242 Å². The van der Waals surface area contributed by atoms with Crippen molar-refractivity contribution in [3.63, 3.8) is 0 Å². The van der Waals surface area contributed by atoms with Crippen LogP contribution in [0.3, 0.4) is 0 Å². The number of rotatable bonds is 9. The zero-order valence-corrected chi connectivity index (χ0v) is 23.0. The minimum atomic E-state index is -5.02. The van der Waals surface area contributed by atoms with Gasteiger partial charge in [-0.05, 0) is 54.3 Å². The van der Waals surface area contributed by atoms with Crippen LogP contribution in [-0.2, 0) is 15.1 Å². The third-order valence-corrected chi connectivity index (χ3v) is 6.84. The molecular weight excluding hydrogens is 580 g/mol. The Morgan fingerprint density at radius 1 is 0.977 bits per heavy atom. The fourth-order valence-corrected chi connectivity index (χ4v) is 4.59. The van der Waals surface area contributed by atoms with Crippen LogP contribution in [0.1, 0.15) is 36.0 Å². The summed E-state index contributed by atoms with van der Waals surface area (Å²) in [5, 5.41) is 4.49. The Morgan fingerprint density at radius 3 is 2.19 bits per heavy atom. The fourth-order valence-electron chi connectivity index (χ4n) is 4.59. The summed E-state index contributed by atoms with van der Waals surface area (Å²) in [6, 6.07) is 13.8. The summed E-state index contributed by atoms with van der Waals surface area (Å²) >= 11 is 0. The largest absolute Gasteiger partial charge is 0.495 e. The van der Waals surface area contributed by atoms with Crippen LogP contribution < -0.4 is 20.1 Å². The number of methoxy groups -OCH3 is 1. The molecule has 228 valence electrons. The Bertz CT molecular complexity index is 1480. The zero-order valence-electron chi connectivity index (χ0n) is 23.0. The summed E-state index contributed by atoms with van der Waals surface area (Å²) < 4.78 is 92.2. The van der Waals surface area contributed by atoms with E-state index < -0.39 is 48.1 Å². The Morgan fingerprint density at radius 2 is 1.63 bits per heavy atom. The van der Waals surface area contributed by atoms with Gasteiger partial charge in [0.05, 0.1) is 19.9 Å². The monoisotopic (exact) mass is 607 g/mol. The third-order valence-electron chi connectivity index (χ3n) is 6.84. The topological polar surface area (TPSA) is 89.5 Å². The highest BCUT2D eigenvalue weighted by Gasteiger charge is 2.60. The van der Waals surface area contributed by atoms with Gasteiger partial charge in [-0.1, -0.05) is 42.0 Å². The number of hydrogen-bond donors (Lipinski definition) is 2. The smallest absolute Gasteiger partial charge is 0.416 e. The van der Waals surface area contributed by atoms with Crippen LogP contribution in [0.5, 0.6) is 11.5 Å². The van der Waals surface area contributed by atoms with Crippen molar-refractivity contribution in [3.05, 3.63) is 89.1 Å². The van der Waals surface area contributed by atoms with E-state index in [1.807, 2.05) is 5.32 Å². The predicted molar refractivity (Wildman–Crippen MR) is 145 cm³/mol. The first-order valence-electron chi connectivity index (χ1n) is 13.0. The van der Waals surface area contributed by atoms with Crippen molar-refractivity contribution < 1.29 is 45.4 Å². The van der Waals surface area contributed by atoms with Gasteiger partial charge in [0.2, 0.25) is 0 Å². The molecule has 7 nitrogen and oxygen atoms in total. The number of alkyl halides is 6. The highest BCUT2D eigenvalue weighted by molar-refractivity contribution is 6.28. The molecule has 2 amide bonds. The molecular formula is C30H27F6N3O4. The van der Waals surface area contributed by atoms with Crippen LogP contribution in [0.15, 0.2) is 72.4 Å². The van der Waals surface area contributed by atoms with Gasteiger partial charge in [0, 0.05) is 12.8 Å². The molecule has 4 rings (SSSR count). The molecule has 43 heavy (non-hydrogen) atoms. The summed E-state index contributed by atoms with van der Waals surface area (Å²) in [6.07, 6.45) is -10.3. The number of benzene rings is 2. The molecule has 0 unspecified atom stereocenters. The standard InChI is InChI=1S/C30H27F6N3O4/c1-18-4-6-19(7-5-18)23-16-28(30(34,35)36,20-8-10-21(11-9-20)43-15-3-14-29(31,32)33)39-27(41)25(23)26(40)38-24-13-12-22(42-2)17-37-24/h4-13,17H,3,14-16H2,1-2H3,(H,39,41)(H,37,38,40)/t28-/m0/s1. The van der Waals surface area contributed by atoms with Gasteiger partial charge in [0.1, 0.15) is 22.9 Å². The number of pyridine rings is 1. The first-order chi connectivity index (χ1) is 20.2. The zero-order chi connectivity index (χ0) is 31.4. The number of nitrogens with one attached hydrogen (secondary N) is 2. The normalized spacial score (nSPS) is 17.3. The molecule has 0 radical (unpaired) electrons. The molecule has 0 bridgehead atoms. The van der Waals surface area contributed by atoms with Gasteiger partial charge in [-0.2, -0.15) is 26.3 Å². The molecule has 2 N–H and O–H groups in total. The Hall–Kier alpha value is -4.55. The van der Waals surface area contributed by atoms with Crippen LogP contribution in [0.4, 0.5) is 32.2 Å². The van der Waals surface area contributed by atoms with E-state index >= 15 is 0 Å². The average Bonchev–Trinajstić information content (AvgIpc) is 2.95. The van der Waals surface area contributed by atoms with E-state index in [0.717, 1.165) is 17.7 Å². The number of nitrogens with zero attached hydrogens (tertiary/aromatic N) is 1. The molecule has 3 aromatic rings. The molecule has 2 heterocycles. The number of hydrogen-bond acceptors (Lipinski definition) is 5. The summed E-state index contributed by atoms with van der Waals surface area (Å²) in [4.78, 5) is 30.8. The Kier molecular flexibility index (Phi) is 9.02. The maximum atomic E-state index is 14.9. The van der Waals surface area contributed by atoms with E-state index in [-0.39, 0.29) is 41.3 Å². The molecule has 0 aliphatic carbocycles. The van der Waals surface area contributed by atoms with Crippen LogP contribution in [-0.4, -0.2) is 42.9 Å². The van der Waals surface area contributed by atoms with Crippen molar-refractivity contribution in [1.82, 2.24) is 10.3 Å². The minimum Gasteiger partial charge on any atom is -0.495 e. The summed E-state index contributed by atoms with van der Waals surface area (Å²) in [5.41, 5.74) is -2.87. The second-order valence-corrected chi connectivity index (χ2v) is 9.88. The summed E-state index contributed by atoms with van der Waals surface area (Å²) in [6.45, 7) is 1.49. The quantitative estimate of drug-likeness (QED) is 0.165. The van der Waals surface area contributed by atoms with Gasteiger partial charge in [-0.15, -0.1) is 0 Å². The molecule has 0 saturated heterocycles. The highest BCUT2D eigenvalue weighted by atomic mass is 19.4. The number of ether oxygens (including phenoxy) is 2. The lowest BCUT2D eigenvalue weighted by molar-refractivity contribution is -0.201. The maximum Gasteiger partial charge on any atom is 0.416 e. The first-order valence-corrected chi connectivity index (χ1v) is 13.0.